The number of anilines is 3. The lowest BCUT2D eigenvalue weighted by atomic mass is 10.00. The number of nitrogens with zero attached hydrogens (tertiary/aromatic N) is 4. The summed E-state index contributed by atoms with van der Waals surface area (Å²) in [6, 6.07) is 18.9. The topological polar surface area (TPSA) is 129 Å². The van der Waals surface area contributed by atoms with Gasteiger partial charge in [0, 0.05) is 60.5 Å². The maximum atomic E-state index is 13.3. The molecular formula is C39H38N6O5. The summed E-state index contributed by atoms with van der Waals surface area (Å²) in [5, 5.41) is 9.78. The van der Waals surface area contributed by atoms with E-state index in [0.717, 1.165) is 82.2 Å². The van der Waals surface area contributed by atoms with E-state index >= 15 is 0 Å². The molecule has 3 aliphatic rings. The highest BCUT2D eigenvalue weighted by molar-refractivity contribution is 6.23. The molecule has 0 radical (unpaired) electrons. The summed E-state index contributed by atoms with van der Waals surface area (Å²) in [7, 11) is 0. The first-order valence-electron chi connectivity index (χ1n) is 17.0. The lowest BCUT2D eigenvalue weighted by molar-refractivity contribution is -0.136. The van der Waals surface area contributed by atoms with Gasteiger partial charge in [-0.05, 0) is 99.7 Å². The van der Waals surface area contributed by atoms with Crippen molar-refractivity contribution >= 4 is 40.7 Å². The van der Waals surface area contributed by atoms with E-state index in [9.17, 15) is 19.2 Å². The van der Waals surface area contributed by atoms with Crippen LogP contribution in [-0.2, 0) is 15.1 Å². The summed E-state index contributed by atoms with van der Waals surface area (Å²) in [4.78, 5) is 57.5. The van der Waals surface area contributed by atoms with Crippen LogP contribution in [0.2, 0.25) is 0 Å². The van der Waals surface area contributed by atoms with Crippen molar-refractivity contribution in [2.24, 2.45) is 0 Å². The van der Waals surface area contributed by atoms with Crippen molar-refractivity contribution in [1.82, 2.24) is 15.4 Å². The molecule has 11 heteroatoms. The van der Waals surface area contributed by atoms with Crippen LogP contribution >= 0.6 is 0 Å². The monoisotopic (exact) mass is 670 g/mol. The van der Waals surface area contributed by atoms with Gasteiger partial charge in [0.05, 0.1) is 16.8 Å². The van der Waals surface area contributed by atoms with Gasteiger partial charge in [0.25, 0.3) is 17.4 Å². The average Bonchev–Trinajstić information content (AvgIpc) is 3.79. The van der Waals surface area contributed by atoms with Crippen LogP contribution in [0.25, 0.3) is 16.0 Å². The summed E-state index contributed by atoms with van der Waals surface area (Å²) < 4.78 is 5.47. The minimum Gasteiger partial charge on any atom is -0.385 e. The molecule has 2 aliphatic heterocycles. The molecule has 254 valence electrons. The molecule has 50 heavy (non-hydrogen) atoms. The van der Waals surface area contributed by atoms with E-state index in [-0.39, 0.29) is 29.5 Å². The number of amides is 4. The predicted molar refractivity (Wildman–Crippen MR) is 188 cm³/mol. The highest BCUT2D eigenvalue weighted by Gasteiger charge is 2.52. The number of carbonyl (C=O) groups excluding carboxylic acids is 4. The predicted octanol–water partition coefficient (Wildman–Crippen LogP) is 6.61. The number of aryl methyl sites for hydroxylation is 3. The highest BCUT2D eigenvalue weighted by Crippen LogP contribution is 2.50. The van der Waals surface area contributed by atoms with Crippen LogP contribution in [0.1, 0.15) is 81.8 Å². The Kier molecular flexibility index (Phi) is 8.48. The number of carbonyl (C=O) groups is 4. The van der Waals surface area contributed by atoms with E-state index in [1.807, 2.05) is 13.8 Å². The van der Waals surface area contributed by atoms with E-state index in [0.29, 0.717) is 12.2 Å². The molecule has 2 N–H and O–H groups in total. The Bertz CT molecular complexity index is 2050. The van der Waals surface area contributed by atoms with Crippen LogP contribution in [0.15, 0.2) is 65.2 Å². The Morgan fingerprint density at radius 2 is 1.74 bits per heavy atom. The van der Waals surface area contributed by atoms with Gasteiger partial charge in [0.15, 0.2) is 0 Å². The van der Waals surface area contributed by atoms with Gasteiger partial charge in [-0.25, -0.2) is 6.57 Å². The fourth-order valence-electron chi connectivity index (χ4n) is 7.08. The first kappa shape index (κ1) is 32.8. The van der Waals surface area contributed by atoms with Crippen molar-refractivity contribution in [3.8, 4) is 11.1 Å². The Balaban J connectivity index is 1.05. The third-order valence-corrected chi connectivity index (χ3v) is 10.1. The van der Waals surface area contributed by atoms with Gasteiger partial charge in [-0.1, -0.05) is 17.3 Å². The van der Waals surface area contributed by atoms with Gasteiger partial charge in [0.1, 0.15) is 11.8 Å². The van der Waals surface area contributed by atoms with Crippen molar-refractivity contribution < 1.29 is 23.7 Å². The standard InChI is InChI=1S/C39H38N6O5/c1-23-7-8-26(35-24(2)43-50-25(35)3)21-33(23)44(29-12-9-27(10-13-29)39(40-4)17-18-39)20-6-5-19-41-28-11-14-30-31(22-28)38(49)45(37(30)48)32-15-16-34(46)42-36(32)47/h7-14,21-22,32,41H,5-6,15-20H2,1-3H3,(H,42,46,47). The van der Waals surface area contributed by atoms with Crippen LogP contribution in [-0.4, -0.2) is 52.8 Å². The normalized spacial score (nSPS) is 17.7. The molecule has 1 unspecified atom stereocenters. The van der Waals surface area contributed by atoms with Gasteiger partial charge in [0.2, 0.25) is 11.8 Å². The average molecular weight is 671 g/mol. The Labute approximate surface area is 290 Å². The van der Waals surface area contributed by atoms with Crippen molar-refractivity contribution in [2.75, 3.05) is 23.3 Å². The van der Waals surface area contributed by atoms with Crippen LogP contribution in [0.3, 0.4) is 0 Å². The van der Waals surface area contributed by atoms with Gasteiger partial charge < -0.3 is 19.6 Å². The molecule has 4 amide bonds. The summed E-state index contributed by atoms with van der Waals surface area (Å²) in [6.45, 7) is 15.0. The molecule has 1 aliphatic carbocycles. The fraction of sp³-hybridized carbons (Fsp3) is 0.333. The Morgan fingerprint density at radius 1 is 0.980 bits per heavy atom. The van der Waals surface area contributed by atoms with E-state index in [1.165, 1.54) is 0 Å². The number of nitrogens with one attached hydrogen (secondary N) is 2. The second-order valence-corrected chi connectivity index (χ2v) is 13.4. The largest absolute Gasteiger partial charge is 0.385 e. The number of benzene rings is 3. The number of rotatable bonds is 11. The summed E-state index contributed by atoms with van der Waals surface area (Å²) >= 11 is 0. The fourth-order valence-corrected chi connectivity index (χ4v) is 7.08. The quantitative estimate of drug-likeness (QED) is 0.104. The number of fused-ring (bicyclic) bond motifs is 1. The third kappa shape index (κ3) is 5.91. The van der Waals surface area contributed by atoms with Crippen molar-refractivity contribution in [2.45, 2.75) is 70.9 Å². The minimum atomic E-state index is -0.994. The lowest BCUT2D eigenvalue weighted by Crippen LogP contribution is -2.54. The molecule has 4 aromatic rings. The molecule has 2 fully saturated rings. The first-order chi connectivity index (χ1) is 24.1. The lowest BCUT2D eigenvalue weighted by Gasteiger charge is -2.28. The molecule has 7 rings (SSSR count). The molecule has 1 aromatic heterocycles. The number of unbranched alkanes of at least 4 members (excludes halogenated alkanes) is 1. The zero-order chi connectivity index (χ0) is 35.2. The van der Waals surface area contributed by atoms with Gasteiger partial charge in [-0.15, -0.1) is 0 Å². The Morgan fingerprint density at radius 3 is 2.42 bits per heavy atom. The first-order valence-corrected chi connectivity index (χ1v) is 17.0. The molecule has 11 nitrogen and oxygen atoms in total. The second-order valence-electron chi connectivity index (χ2n) is 13.4. The molecule has 3 heterocycles. The van der Waals surface area contributed by atoms with Gasteiger partial charge >= 0.3 is 0 Å². The Hall–Kier alpha value is -5.76. The molecular weight excluding hydrogens is 632 g/mol. The van der Waals surface area contributed by atoms with Crippen LogP contribution < -0.4 is 15.5 Å². The molecule has 0 spiro atoms. The van der Waals surface area contributed by atoms with Crippen LogP contribution in [0.4, 0.5) is 17.1 Å². The van der Waals surface area contributed by atoms with E-state index in [1.54, 1.807) is 18.2 Å². The number of hydrogen-bond acceptors (Lipinski definition) is 8. The molecule has 3 aromatic carbocycles. The zero-order valence-corrected chi connectivity index (χ0v) is 28.3. The summed E-state index contributed by atoms with van der Waals surface area (Å²) in [5.41, 5.74) is 8.04. The van der Waals surface area contributed by atoms with Gasteiger partial charge in [-0.2, -0.15) is 0 Å². The molecule has 1 atom stereocenters. The van der Waals surface area contributed by atoms with E-state index in [4.69, 9.17) is 11.1 Å². The minimum absolute atomic E-state index is 0.0779. The molecule has 1 saturated heterocycles. The maximum absolute atomic E-state index is 13.3. The van der Waals surface area contributed by atoms with Gasteiger partial charge in [-0.3, -0.25) is 29.4 Å². The number of imide groups is 2. The molecule has 1 saturated carbocycles. The highest BCUT2D eigenvalue weighted by atomic mass is 16.5. The number of piperidine rings is 1. The van der Waals surface area contributed by atoms with Crippen molar-refractivity contribution in [3.63, 3.8) is 0 Å². The van der Waals surface area contributed by atoms with E-state index < -0.39 is 29.7 Å². The number of hydrogen-bond donors (Lipinski definition) is 2. The van der Waals surface area contributed by atoms with E-state index in [2.05, 4.69) is 74.9 Å². The van der Waals surface area contributed by atoms with Crippen LogP contribution in [0.5, 0.6) is 0 Å². The third-order valence-electron chi connectivity index (χ3n) is 10.1. The SMILES string of the molecule is [C-]#[N+]C1(c2ccc(N(CCCCNc3ccc4c(c3)C(=O)N(C3CCC(=O)NC3=O)C4=O)c3cc(-c4c(C)noc4C)ccc3C)cc2)CC1. The zero-order valence-electron chi connectivity index (χ0n) is 28.3. The van der Waals surface area contributed by atoms with Crippen molar-refractivity contribution in [3.05, 3.63) is 106 Å². The maximum Gasteiger partial charge on any atom is 0.262 e. The number of aromatic nitrogens is 1. The van der Waals surface area contributed by atoms with Crippen LogP contribution in [0, 0.1) is 27.3 Å². The smallest absolute Gasteiger partial charge is 0.262 e. The second kappa shape index (κ2) is 12.9. The summed E-state index contributed by atoms with van der Waals surface area (Å²) in [5.74, 6) is -1.30. The summed E-state index contributed by atoms with van der Waals surface area (Å²) in [6.07, 6.45) is 3.67. The molecule has 0 bridgehead atoms. The van der Waals surface area contributed by atoms with Crippen molar-refractivity contribution in [1.29, 1.82) is 0 Å².